The summed E-state index contributed by atoms with van der Waals surface area (Å²) < 4.78 is 3.46. The van der Waals surface area contributed by atoms with Crippen LogP contribution in [0.4, 0.5) is 5.95 Å². The highest BCUT2D eigenvalue weighted by Gasteiger charge is 2.34. The summed E-state index contributed by atoms with van der Waals surface area (Å²) in [5, 5.41) is 13.2. The first-order valence-electron chi connectivity index (χ1n) is 7.21. The van der Waals surface area contributed by atoms with E-state index >= 15 is 0 Å². The molecule has 1 fully saturated rings. The summed E-state index contributed by atoms with van der Waals surface area (Å²) in [5.41, 5.74) is 2.24. The lowest BCUT2D eigenvalue weighted by Gasteiger charge is -2.17. The number of amides is 1. The van der Waals surface area contributed by atoms with E-state index in [0.29, 0.717) is 30.3 Å². The Labute approximate surface area is 131 Å². The Morgan fingerprint density at radius 3 is 3.00 bits per heavy atom. The van der Waals surface area contributed by atoms with Gasteiger partial charge in [0.25, 0.3) is 0 Å². The fourth-order valence-electron chi connectivity index (χ4n) is 2.80. The smallest absolute Gasteiger partial charge is 0.246 e. The van der Waals surface area contributed by atoms with Gasteiger partial charge >= 0.3 is 0 Å². The van der Waals surface area contributed by atoms with Gasteiger partial charge in [-0.3, -0.25) is 18.8 Å². The maximum absolute atomic E-state index is 12.4. The highest BCUT2D eigenvalue weighted by molar-refractivity contribution is 5.97. The van der Waals surface area contributed by atoms with E-state index in [0.717, 1.165) is 5.56 Å². The molecule has 23 heavy (non-hydrogen) atoms. The third-order valence-electron chi connectivity index (χ3n) is 3.97. The van der Waals surface area contributed by atoms with Crippen LogP contribution >= 0.6 is 0 Å². The van der Waals surface area contributed by atoms with Crippen molar-refractivity contribution in [3.8, 4) is 17.3 Å². The van der Waals surface area contributed by atoms with Gasteiger partial charge in [0.05, 0.1) is 18.0 Å². The van der Waals surface area contributed by atoms with Crippen molar-refractivity contribution in [1.29, 1.82) is 5.26 Å². The lowest BCUT2D eigenvalue weighted by Crippen LogP contribution is -2.29. The topological polar surface area (TPSA) is 92.1 Å². The Morgan fingerprint density at radius 1 is 1.43 bits per heavy atom. The molecule has 3 aromatic rings. The second kappa shape index (κ2) is 4.91. The lowest BCUT2D eigenvalue weighted by atomic mass is 10.1. The number of carbonyl (C=O) groups is 1. The number of fused-ring (bicyclic) bond motifs is 1. The van der Waals surface area contributed by atoms with Crippen LogP contribution in [0.1, 0.15) is 6.42 Å². The average Bonchev–Trinajstić information content (AvgIpc) is 3.25. The number of hydrogen-bond donors (Lipinski definition) is 0. The van der Waals surface area contributed by atoms with Crippen molar-refractivity contribution in [2.75, 3.05) is 11.4 Å². The van der Waals surface area contributed by atoms with Crippen molar-refractivity contribution >= 4 is 17.5 Å². The molecule has 8 heteroatoms. The van der Waals surface area contributed by atoms with E-state index in [4.69, 9.17) is 5.26 Å². The molecule has 1 saturated heterocycles. The molecule has 114 valence electrons. The third-order valence-corrected chi connectivity index (χ3v) is 3.97. The molecule has 0 aliphatic carbocycles. The third kappa shape index (κ3) is 2.05. The Bertz CT molecular complexity index is 948. The van der Waals surface area contributed by atoms with Crippen LogP contribution in [0.15, 0.2) is 30.9 Å². The predicted octanol–water partition coefficient (Wildman–Crippen LogP) is 1.01. The summed E-state index contributed by atoms with van der Waals surface area (Å²) in [6, 6.07) is 3.90. The molecular formula is C15H13N7O. The monoisotopic (exact) mass is 307 g/mol. The fourth-order valence-corrected chi connectivity index (χ4v) is 2.80. The van der Waals surface area contributed by atoms with Crippen molar-refractivity contribution in [2.24, 2.45) is 13.0 Å². The van der Waals surface area contributed by atoms with Gasteiger partial charge in [-0.25, -0.2) is 9.97 Å². The second-order valence-electron chi connectivity index (χ2n) is 5.46. The Morgan fingerprint density at radius 2 is 2.30 bits per heavy atom. The second-order valence-corrected chi connectivity index (χ2v) is 5.46. The van der Waals surface area contributed by atoms with Gasteiger partial charge in [0.1, 0.15) is 11.6 Å². The van der Waals surface area contributed by atoms with Gasteiger partial charge in [-0.05, 0) is 6.42 Å². The van der Waals surface area contributed by atoms with E-state index in [2.05, 4.69) is 15.1 Å². The molecule has 1 aliphatic rings. The SMILES string of the molecule is Cn1cc(-c2cc3nccn3c(N3CCC(C#N)C3=O)n2)cn1. The number of rotatable bonds is 2. The number of carbonyl (C=O) groups excluding carboxylic acids is 1. The van der Waals surface area contributed by atoms with Crippen LogP contribution in [0.2, 0.25) is 0 Å². The highest BCUT2D eigenvalue weighted by Crippen LogP contribution is 2.27. The Hall–Kier alpha value is -3.21. The molecule has 0 spiro atoms. The van der Waals surface area contributed by atoms with Gasteiger partial charge < -0.3 is 0 Å². The summed E-state index contributed by atoms with van der Waals surface area (Å²) in [4.78, 5) is 22.8. The van der Waals surface area contributed by atoms with E-state index in [9.17, 15) is 4.79 Å². The molecule has 4 heterocycles. The molecule has 1 amide bonds. The summed E-state index contributed by atoms with van der Waals surface area (Å²) in [7, 11) is 1.83. The first kappa shape index (κ1) is 13.5. The summed E-state index contributed by atoms with van der Waals surface area (Å²) in [5.74, 6) is -0.322. The van der Waals surface area contributed by atoms with Crippen molar-refractivity contribution in [3.63, 3.8) is 0 Å². The zero-order valence-corrected chi connectivity index (χ0v) is 12.4. The summed E-state index contributed by atoms with van der Waals surface area (Å²) in [6.45, 7) is 0.480. The van der Waals surface area contributed by atoms with Crippen molar-refractivity contribution in [3.05, 3.63) is 30.9 Å². The quantitative estimate of drug-likeness (QED) is 0.704. The Kier molecular flexibility index (Phi) is 2.87. The first-order valence-corrected chi connectivity index (χ1v) is 7.21. The fraction of sp³-hybridized carbons (Fsp3) is 0.267. The summed E-state index contributed by atoms with van der Waals surface area (Å²) >= 11 is 0. The minimum atomic E-state index is -0.600. The zero-order valence-electron chi connectivity index (χ0n) is 12.4. The van der Waals surface area contributed by atoms with Crippen molar-refractivity contribution < 1.29 is 4.79 Å². The van der Waals surface area contributed by atoms with Gasteiger partial charge in [0, 0.05) is 43.8 Å². The first-order chi connectivity index (χ1) is 11.2. The van der Waals surface area contributed by atoms with Gasteiger partial charge in [0.2, 0.25) is 11.9 Å². The molecule has 1 aliphatic heterocycles. The number of aromatic nitrogens is 5. The number of nitrogens with zero attached hydrogens (tertiary/aromatic N) is 7. The van der Waals surface area contributed by atoms with Crippen LogP contribution in [-0.2, 0) is 11.8 Å². The maximum Gasteiger partial charge on any atom is 0.246 e. The molecule has 8 nitrogen and oxygen atoms in total. The molecular weight excluding hydrogens is 294 g/mol. The van der Waals surface area contributed by atoms with E-state index in [-0.39, 0.29) is 5.91 Å². The molecule has 1 atom stereocenters. The van der Waals surface area contributed by atoms with Crippen molar-refractivity contribution in [1.82, 2.24) is 24.1 Å². The number of nitriles is 1. The van der Waals surface area contributed by atoms with Crippen LogP contribution in [0.3, 0.4) is 0 Å². The molecule has 0 aromatic carbocycles. The normalized spacial score (nSPS) is 17.8. The standard InChI is InChI=1S/C15H13N7O/c1-20-9-11(8-18-20)12-6-13-17-3-5-21(13)15(19-12)22-4-2-10(7-16)14(22)23/h3,5-6,8-10H,2,4H2,1H3. The minimum Gasteiger partial charge on any atom is -0.281 e. The van der Waals surface area contributed by atoms with E-state index in [1.54, 1.807) is 32.6 Å². The number of aryl methyl sites for hydroxylation is 1. The average molecular weight is 307 g/mol. The van der Waals surface area contributed by atoms with Crippen molar-refractivity contribution in [2.45, 2.75) is 6.42 Å². The lowest BCUT2D eigenvalue weighted by molar-refractivity contribution is -0.119. The van der Waals surface area contributed by atoms with E-state index in [1.807, 2.05) is 25.4 Å². The number of anilines is 1. The largest absolute Gasteiger partial charge is 0.281 e. The van der Waals surface area contributed by atoms with Crippen LogP contribution in [0.5, 0.6) is 0 Å². The van der Waals surface area contributed by atoms with Crippen LogP contribution in [-0.4, -0.2) is 36.6 Å². The highest BCUT2D eigenvalue weighted by atomic mass is 16.2. The molecule has 1 unspecified atom stereocenters. The zero-order chi connectivity index (χ0) is 16.0. The van der Waals surface area contributed by atoms with Gasteiger partial charge in [-0.1, -0.05) is 0 Å². The van der Waals surface area contributed by atoms with Gasteiger partial charge in [-0.2, -0.15) is 10.4 Å². The molecule has 0 saturated carbocycles. The predicted molar refractivity (Wildman–Crippen MR) is 81.3 cm³/mol. The van der Waals surface area contributed by atoms with E-state index < -0.39 is 5.92 Å². The molecule has 0 bridgehead atoms. The summed E-state index contributed by atoms with van der Waals surface area (Å²) in [6.07, 6.45) is 7.52. The molecule has 4 rings (SSSR count). The van der Waals surface area contributed by atoms with Gasteiger partial charge in [-0.15, -0.1) is 0 Å². The maximum atomic E-state index is 12.4. The molecule has 0 radical (unpaired) electrons. The Balaban J connectivity index is 1.87. The van der Waals surface area contributed by atoms with E-state index in [1.165, 1.54) is 0 Å². The molecule has 3 aromatic heterocycles. The number of hydrogen-bond acceptors (Lipinski definition) is 5. The van der Waals surface area contributed by atoms with Gasteiger partial charge in [0.15, 0.2) is 0 Å². The molecule has 0 N–H and O–H groups in total. The van der Waals surface area contributed by atoms with Crippen LogP contribution < -0.4 is 4.90 Å². The van der Waals surface area contributed by atoms with Crippen LogP contribution in [0.25, 0.3) is 16.9 Å². The number of imidazole rings is 1. The minimum absolute atomic E-state index is 0.210. The van der Waals surface area contributed by atoms with Crippen LogP contribution in [0, 0.1) is 17.2 Å².